The molecule has 0 aromatic heterocycles. The highest BCUT2D eigenvalue weighted by molar-refractivity contribution is 8.13. The Balaban J connectivity index is 2.18. The third-order valence-corrected chi connectivity index (χ3v) is 4.77. The van der Waals surface area contributed by atoms with E-state index < -0.39 is 9.05 Å². The molecule has 0 radical (unpaired) electrons. The van der Waals surface area contributed by atoms with Crippen LogP contribution in [-0.4, -0.2) is 20.4 Å². The molecular weight excluding hydrogens is 286 g/mol. The van der Waals surface area contributed by atoms with Crippen LogP contribution in [0.4, 0.5) is 0 Å². The van der Waals surface area contributed by atoms with E-state index in [1.54, 1.807) is 6.92 Å². The van der Waals surface area contributed by atoms with Crippen molar-refractivity contribution in [2.24, 2.45) is 0 Å². The van der Waals surface area contributed by atoms with Crippen molar-refractivity contribution < 1.29 is 13.2 Å². The lowest BCUT2D eigenvalue weighted by Crippen LogP contribution is -2.33. The van der Waals surface area contributed by atoms with E-state index >= 15 is 0 Å². The molecule has 0 spiro atoms. The Morgan fingerprint density at radius 2 is 1.95 bits per heavy atom. The Hall–Kier alpha value is -1.07. The second-order valence-corrected chi connectivity index (χ2v) is 7.44. The van der Waals surface area contributed by atoms with Gasteiger partial charge in [0.15, 0.2) is 0 Å². The summed E-state index contributed by atoms with van der Waals surface area (Å²) in [6, 6.07) is 4.53. The average Bonchev–Trinajstić information content (AvgIpc) is 2.80. The fourth-order valence-corrected chi connectivity index (χ4v) is 3.21. The average molecular weight is 302 g/mol. The monoisotopic (exact) mass is 301 g/mol. The Bertz CT molecular complexity index is 592. The number of benzene rings is 1. The fourth-order valence-electron chi connectivity index (χ4n) is 2.38. The van der Waals surface area contributed by atoms with Crippen LogP contribution < -0.4 is 5.32 Å². The summed E-state index contributed by atoms with van der Waals surface area (Å²) in [5.74, 6) is -0.150. The Morgan fingerprint density at radius 1 is 1.32 bits per heavy atom. The van der Waals surface area contributed by atoms with Gasteiger partial charge in [0.25, 0.3) is 15.0 Å². The van der Waals surface area contributed by atoms with E-state index in [1.165, 1.54) is 18.2 Å². The van der Waals surface area contributed by atoms with Crippen LogP contribution in [-0.2, 0) is 9.05 Å². The van der Waals surface area contributed by atoms with Crippen molar-refractivity contribution in [3.8, 4) is 0 Å². The largest absolute Gasteiger partial charge is 0.349 e. The number of nitrogens with one attached hydrogen (secondary N) is 1. The molecule has 1 aliphatic rings. The molecule has 0 bridgehead atoms. The standard InChI is InChI=1S/C13H16ClNO3S/c1-9-8-11(19(14,17)18)6-7-12(9)13(16)15-10-4-2-3-5-10/h6-8,10H,2-5H2,1H3,(H,15,16). The summed E-state index contributed by atoms with van der Waals surface area (Å²) in [5, 5.41) is 2.97. The number of carbonyl (C=O) groups is 1. The van der Waals surface area contributed by atoms with Crippen molar-refractivity contribution in [3.63, 3.8) is 0 Å². The third kappa shape index (κ3) is 3.48. The normalized spacial score (nSPS) is 16.5. The summed E-state index contributed by atoms with van der Waals surface area (Å²) in [5.41, 5.74) is 1.10. The number of amides is 1. The molecule has 4 nitrogen and oxygen atoms in total. The minimum Gasteiger partial charge on any atom is -0.349 e. The van der Waals surface area contributed by atoms with Crippen LogP contribution in [0.3, 0.4) is 0 Å². The van der Waals surface area contributed by atoms with Crippen LogP contribution >= 0.6 is 10.7 Å². The van der Waals surface area contributed by atoms with Crippen LogP contribution in [0.25, 0.3) is 0 Å². The minimum absolute atomic E-state index is 0.0177. The first-order valence-corrected chi connectivity index (χ1v) is 8.55. The van der Waals surface area contributed by atoms with E-state index in [2.05, 4.69) is 5.32 Å². The van der Waals surface area contributed by atoms with E-state index in [4.69, 9.17) is 10.7 Å². The Labute approximate surface area is 117 Å². The first-order chi connectivity index (χ1) is 8.88. The van der Waals surface area contributed by atoms with Gasteiger partial charge in [-0.05, 0) is 43.5 Å². The maximum Gasteiger partial charge on any atom is 0.261 e. The van der Waals surface area contributed by atoms with E-state index in [-0.39, 0.29) is 16.8 Å². The van der Waals surface area contributed by atoms with Gasteiger partial charge < -0.3 is 5.32 Å². The van der Waals surface area contributed by atoms with Gasteiger partial charge in [0, 0.05) is 22.3 Å². The second-order valence-electron chi connectivity index (χ2n) is 4.87. The molecule has 1 N–H and O–H groups in total. The molecule has 1 aromatic rings. The van der Waals surface area contributed by atoms with Gasteiger partial charge in [-0.25, -0.2) is 8.42 Å². The lowest BCUT2D eigenvalue weighted by Gasteiger charge is -2.13. The van der Waals surface area contributed by atoms with Crippen molar-refractivity contribution >= 4 is 25.6 Å². The molecule has 19 heavy (non-hydrogen) atoms. The highest BCUT2D eigenvalue weighted by Gasteiger charge is 2.20. The number of aryl methyl sites for hydroxylation is 1. The molecule has 1 fully saturated rings. The molecule has 0 saturated heterocycles. The topological polar surface area (TPSA) is 63.2 Å². The molecule has 1 amide bonds. The minimum atomic E-state index is -3.75. The fraction of sp³-hybridized carbons (Fsp3) is 0.462. The number of rotatable bonds is 3. The summed E-state index contributed by atoms with van der Waals surface area (Å²) < 4.78 is 22.4. The Kier molecular flexibility index (Phi) is 4.16. The van der Waals surface area contributed by atoms with Crippen molar-refractivity contribution in [2.45, 2.75) is 43.5 Å². The summed E-state index contributed by atoms with van der Waals surface area (Å²) >= 11 is 0. The first kappa shape index (κ1) is 14.3. The highest BCUT2D eigenvalue weighted by Crippen LogP contribution is 2.21. The first-order valence-electron chi connectivity index (χ1n) is 6.24. The molecule has 1 aliphatic carbocycles. The lowest BCUT2D eigenvalue weighted by molar-refractivity contribution is 0.0937. The third-order valence-electron chi connectivity index (χ3n) is 3.41. The predicted molar refractivity (Wildman–Crippen MR) is 73.9 cm³/mol. The van der Waals surface area contributed by atoms with Crippen LogP contribution in [0.15, 0.2) is 23.1 Å². The molecule has 6 heteroatoms. The highest BCUT2D eigenvalue weighted by atomic mass is 35.7. The van der Waals surface area contributed by atoms with Crippen molar-refractivity contribution in [1.29, 1.82) is 0 Å². The molecule has 0 atom stereocenters. The van der Waals surface area contributed by atoms with Crippen LogP contribution in [0, 0.1) is 6.92 Å². The van der Waals surface area contributed by atoms with Crippen molar-refractivity contribution in [3.05, 3.63) is 29.3 Å². The molecule has 2 rings (SSSR count). The smallest absolute Gasteiger partial charge is 0.261 e. The molecule has 0 aliphatic heterocycles. The van der Waals surface area contributed by atoms with Gasteiger partial charge >= 0.3 is 0 Å². The van der Waals surface area contributed by atoms with E-state index in [0.29, 0.717) is 11.1 Å². The number of hydrogen-bond donors (Lipinski definition) is 1. The van der Waals surface area contributed by atoms with Gasteiger partial charge in [0.2, 0.25) is 0 Å². The van der Waals surface area contributed by atoms with Gasteiger partial charge in [-0.15, -0.1) is 0 Å². The molecule has 104 valence electrons. The van der Waals surface area contributed by atoms with Gasteiger partial charge in [0.05, 0.1) is 4.90 Å². The SMILES string of the molecule is Cc1cc(S(=O)(=O)Cl)ccc1C(=O)NC1CCCC1. The zero-order chi connectivity index (χ0) is 14.0. The van der Waals surface area contributed by atoms with E-state index in [0.717, 1.165) is 25.7 Å². The van der Waals surface area contributed by atoms with Crippen molar-refractivity contribution in [1.82, 2.24) is 5.32 Å². The van der Waals surface area contributed by atoms with Crippen LogP contribution in [0.2, 0.25) is 0 Å². The van der Waals surface area contributed by atoms with Gasteiger partial charge in [-0.3, -0.25) is 4.79 Å². The molecule has 0 unspecified atom stereocenters. The van der Waals surface area contributed by atoms with Gasteiger partial charge in [0.1, 0.15) is 0 Å². The van der Waals surface area contributed by atoms with E-state index in [9.17, 15) is 13.2 Å². The maximum atomic E-state index is 12.1. The molecule has 0 heterocycles. The summed E-state index contributed by atoms with van der Waals surface area (Å²) in [4.78, 5) is 12.1. The number of hydrogen-bond acceptors (Lipinski definition) is 3. The molecular formula is C13H16ClNO3S. The van der Waals surface area contributed by atoms with Crippen LogP contribution in [0.5, 0.6) is 0 Å². The maximum absolute atomic E-state index is 12.1. The Morgan fingerprint density at radius 3 is 2.47 bits per heavy atom. The zero-order valence-corrected chi connectivity index (χ0v) is 12.2. The molecule has 1 aromatic carbocycles. The van der Waals surface area contributed by atoms with Gasteiger partial charge in [-0.1, -0.05) is 12.8 Å². The summed E-state index contributed by atoms with van der Waals surface area (Å²) in [6.07, 6.45) is 4.32. The number of halogens is 1. The zero-order valence-electron chi connectivity index (χ0n) is 10.6. The van der Waals surface area contributed by atoms with Crippen LogP contribution in [0.1, 0.15) is 41.6 Å². The number of carbonyl (C=O) groups excluding carboxylic acids is 1. The van der Waals surface area contributed by atoms with E-state index in [1.807, 2.05) is 0 Å². The second kappa shape index (κ2) is 5.51. The molecule has 1 saturated carbocycles. The van der Waals surface area contributed by atoms with Crippen molar-refractivity contribution in [2.75, 3.05) is 0 Å². The summed E-state index contributed by atoms with van der Waals surface area (Å²) in [7, 11) is 1.52. The lowest BCUT2D eigenvalue weighted by atomic mass is 10.1. The van der Waals surface area contributed by atoms with Gasteiger partial charge in [-0.2, -0.15) is 0 Å². The summed E-state index contributed by atoms with van der Waals surface area (Å²) in [6.45, 7) is 1.70. The predicted octanol–water partition coefficient (Wildman–Crippen LogP) is 2.59. The quantitative estimate of drug-likeness (QED) is 0.873.